The number of rotatable bonds is 10. The molecular formula is C17H24O6. The Balaban J connectivity index is 2.36. The number of aliphatic carboxylic acids is 1. The Morgan fingerprint density at radius 3 is 2.04 bits per heavy atom. The summed E-state index contributed by atoms with van der Waals surface area (Å²) in [4.78, 5) is 10.8. The van der Waals surface area contributed by atoms with Crippen molar-refractivity contribution in [2.75, 3.05) is 0 Å². The first-order chi connectivity index (χ1) is 10.8. The van der Waals surface area contributed by atoms with Gasteiger partial charge in [-0.25, -0.2) is 4.79 Å². The van der Waals surface area contributed by atoms with Crippen LogP contribution in [0.25, 0.3) is 0 Å². The summed E-state index contributed by atoms with van der Waals surface area (Å²) in [7, 11) is 0. The third-order valence-corrected chi connectivity index (χ3v) is 2.97. The van der Waals surface area contributed by atoms with Crippen LogP contribution < -0.4 is 4.74 Å². The summed E-state index contributed by atoms with van der Waals surface area (Å²) >= 11 is 0. The third-order valence-electron chi connectivity index (χ3n) is 2.97. The fourth-order valence-corrected chi connectivity index (χ4v) is 1.87. The van der Waals surface area contributed by atoms with Gasteiger partial charge in [0.2, 0.25) is 0 Å². The zero-order valence-electron chi connectivity index (χ0n) is 13.9. The van der Waals surface area contributed by atoms with Crippen LogP contribution in [0.4, 0.5) is 0 Å². The molecule has 4 atom stereocenters. The van der Waals surface area contributed by atoms with Gasteiger partial charge in [-0.3, -0.25) is 0 Å². The number of carboxylic acids is 1. The number of ether oxygens (including phenoxy) is 4. The summed E-state index contributed by atoms with van der Waals surface area (Å²) in [5.74, 6) is -0.401. The second kappa shape index (κ2) is 9.29. The van der Waals surface area contributed by atoms with E-state index in [1.165, 1.54) is 0 Å². The highest BCUT2D eigenvalue weighted by atomic mass is 16.8. The third kappa shape index (κ3) is 7.27. The van der Waals surface area contributed by atoms with E-state index in [4.69, 9.17) is 24.1 Å². The fraction of sp³-hybridized carbons (Fsp3) is 0.471. The largest absolute Gasteiger partial charge is 0.478 e. The molecule has 1 aromatic rings. The average molecular weight is 324 g/mol. The normalized spacial score (nSPS) is 16.2. The number of hydrogen-bond donors (Lipinski definition) is 1. The van der Waals surface area contributed by atoms with Crippen LogP contribution in [0.3, 0.4) is 0 Å². The number of benzene rings is 1. The highest BCUT2D eigenvalue weighted by Gasteiger charge is 2.19. The summed E-state index contributed by atoms with van der Waals surface area (Å²) < 4.78 is 22.1. The van der Waals surface area contributed by atoms with E-state index in [0.29, 0.717) is 5.75 Å². The molecule has 6 nitrogen and oxygen atoms in total. The Morgan fingerprint density at radius 2 is 1.48 bits per heavy atom. The monoisotopic (exact) mass is 324 g/mol. The molecule has 0 heterocycles. The minimum Gasteiger partial charge on any atom is -0.478 e. The lowest BCUT2D eigenvalue weighted by atomic mass is 10.2. The maximum Gasteiger partial charge on any atom is 0.333 e. The standard InChI is InChI=1S/C17H24O6/c1-11(17(18)19)12(2)20-13(3)21-14(4)22-15(5)23-16-9-7-6-8-10-16/h6-10,12-15H,1H2,2-5H3,(H,18,19). The van der Waals surface area contributed by atoms with Crippen molar-refractivity contribution in [2.24, 2.45) is 0 Å². The Hall–Kier alpha value is -1.89. The van der Waals surface area contributed by atoms with E-state index in [0.717, 1.165) is 0 Å². The van der Waals surface area contributed by atoms with Crippen LogP contribution >= 0.6 is 0 Å². The first kappa shape index (κ1) is 19.2. The van der Waals surface area contributed by atoms with Gasteiger partial charge in [-0.15, -0.1) is 0 Å². The first-order valence-electron chi connectivity index (χ1n) is 7.39. The molecule has 1 N–H and O–H groups in total. The molecule has 0 aliphatic carbocycles. The van der Waals surface area contributed by atoms with Crippen molar-refractivity contribution >= 4 is 5.97 Å². The highest BCUT2D eigenvalue weighted by molar-refractivity contribution is 5.86. The number of carbonyl (C=O) groups is 1. The quantitative estimate of drug-likeness (QED) is 0.526. The Bertz CT molecular complexity index is 501. The molecule has 0 aromatic heterocycles. The smallest absolute Gasteiger partial charge is 0.333 e. The lowest BCUT2D eigenvalue weighted by Gasteiger charge is -2.25. The predicted molar refractivity (Wildman–Crippen MR) is 84.9 cm³/mol. The van der Waals surface area contributed by atoms with Crippen molar-refractivity contribution in [3.63, 3.8) is 0 Å². The van der Waals surface area contributed by atoms with Crippen molar-refractivity contribution in [3.8, 4) is 5.75 Å². The lowest BCUT2D eigenvalue weighted by Crippen LogP contribution is -2.31. The predicted octanol–water partition coefficient (Wildman–Crippen LogP) is 3.18. The molecule has 0 radical (unpaired) electrons. The zero-order chi connectivity index (χ0) is 17.4. The topological polar surface area (TPSA) is 74.2 Å². The molecule has 0 saturated heterocycles. The molecule has 0 aliphatic rings. The molecule has 4 unspecified atom stereocenters. The summed E-state index contributed by atoms with van der Waals surface area (Å²) in [6.07, 6.45) is -2.41. The summed E-state index contributed by atoms with van der Waals surface area (Å²) in [6.45, 7) is 10.2. The molecule has 1 rings (SSSR count). The van der Waals surface area contributed by atoms with Crippen LogP contribution in [0.2, 0.25) is 0 Å². The van der Waals surface area contributed by atoms with Gasteiger partial charge in [0, 0.05) is 0 Å². The van der Waals surface area contributed by atoms with E-state index in [2.05, 4.69) is 6.58 Å². The van der Waals surface area contributed by atoms with Gasteiger partial charge < -0.3 is 24.1 Å². The summed E-state index contributed by atoms with van der Waals surface area (Å²) in [5.41, 5.74) is -0.0326. The highest BCUT2D eigenvalue weighted by Crippen LogP contribution is 2.14. The molecular weight excluding hydrogens is 300 g/mol. The number of para-hydroxylation sites is 1. The number of carboxylic acid groups (broad SMARTS) is 1. The van der Waals surface area contributed by atoms with Crippen LogP contribution in [-0.2, 0) is 19.0 Å². The van der Waals surface area contributed by atoms with Crippen molar-refractivity contribution in [3.05, 3.63) is 42.5 Å². The van der Waals surface area contributed by atoms with Gasteiger partial charge in [0.1, 0.15) is 5.75 Å². The van der Waals surface area contributed by atoms with E-state index < -0.39 is 30.9 Å². The molecule has 0 aliphatic heterocycles. The van der Waals surface area contributed by atoms with Crippen LogP contribution in [-0.4, -0.2) is 36.0 Å². The van der Waals surface area contributed by atoms with Crippen LogP contribution in [0.5, 0.6) is 5.75 Å². The minimum atomic E-state index is -1.10. The van der Waals surface area contributed by atoms with Crippen molar-refractivity contribution in [1.29, 1.82) is 0 Å². The molecule has 0 amide bonds. The molecule has 6 heteroatoms. The van der Waals surface area contributed by atoms with Crippen molar-refractivity contribution in [1.82, 2.24) is 0 Å². The first-order valence-corrected chi connectivity index (χ1v) is 7.39. The number of hydrogen-bond acceptors (Lipinski definition) is 5. The van der Waals surface area contributed by atoms with Gasteiger partial charge in [-0.1, -0.05) is 24.8 Å². The Labute approximate surface area is 136 Å². The van der Waals surface area contributed by atoms with E-state index in [1.807, 2.05) is 30.3 Å². The summed E-state index contributed by atoms with van der Waals surface area (Å²) in [5, 5.41) is 8.84. The van der Waals surface area contributed by atoms with E-state index in [1.54, 1.807) is 27.7 Å². The van der Waals surface area contributed by atoms with E-state index in [9.17, 15) is 4.79 Å². The van der Waals surface area contributed by atoms with Gasteiger partial charge in [0.25, 0.3) is 0 Å². The lowest BCUT2D eigenvalue weighted by molar-refractivity contribution is -0.270. The second-order valence-electron chi connectivity index (χ2n) is 5.01. The molecule has 0 bridgehead atoms. The maximum atomic E-state index is 10.8. The van der Waals surface area contributed by atoms with Gasteiger partial charge in [0.05, 0.1) is 11.7 Å². The van der Waals surface area contributed by atoms with E-state index >= 15 is 0 Å². The minimum absolute atomic E-state index is 0.0326. The van der Waals surface area contributed by atoms with Crippen LogP contribution in [0.15, 0.2) is 42.5 Å². The molecule has 1 aromatic carbocycles. The average Bonchev–Trinajstić information content (AvgIpc) is 2.46. The molecule has 0 saturated carbocycles. The Kier molecular flexibility index (Phi) is 7.74. The van der Waals surface area contributed by atoms with Gasteiger partial charge in [0.15, 0.2) is 18.9 Å². The van der Waals surface area contributed by atoms with Crippen molar-refractivity contribution in [2.45, 2.75) is 52.7 Å². The fourth-order valence-electron chi connectivity index (χ4n) is 1.87. The van der Waals surface area contributed by atoms with E-state index in [-0.39, 0.29) is 5.57 Å². The Morgan fingerprint density at radius 1 is 0.957 bits per heavy atom. The zero-order valence-corrected chi connectivity index (χ0v) is 13.9. The van der Waals surface area contributed by atoms with Crippen LogP contribution in [0.1, 0.15) is 27.7 Å². The molecule has 128 valence electrons. The summed E-state index contributed by atoms with van der Waals surface area (Å²) in [6, 6.07) is 9.30. The van der Waals surface area contributed by atoms with Crippen LogP contribution in [0, 0.1) is 0 Å². The van der Waals surface area contributed by atoms with Gasteiger partial charge >= 0.3 is 5.97 Å². The van der Waals surface area contributed by atoms with Gasteiger partial charge in [-0.05, 0) is 39.8 Å². The molecule has 0 spiro atoms. The second-order valence-corrected chi connectivity index (χ2v) is 5.01. The van der Waals surface area contributed by atoms with Crippen molar-refractivity contribution < 1.29 is 28.8 Å². The maximum absolute atomic E-state index is 10.8. The SMILES string of the molecule is C=C(C(=O)O)C(C)OC(C)OC(C)OC(C)Oc1ccccc1. The molecule has 23 heavy (non-hydrogen) atoms. The van der Waals surface area contributed by atoms with Gasteiger partial charge in [-0.2, -0.15) is 0 Å². The molecule has 0 fully saturated rings.